The maximum absolute atomic E-state index is 11.0. The van der Waals surface area contributed by atoms with Crippen molar-refractivity contribution in [2.45, 2.75) is 0 Å². The van der Waals surface area contributed by atoms with Crippen LogP contribution >= 0.6 is 11.3 Å². The van der Waals surface area contributed by atoms with E-state index in [1.165, 1.54) is 0 Å². The summed E-state index contributed by atoms with van der Waals surface area (Å²) < 4.78 is 0. The highest BCUT2D eigenvalue weighted by Crippen LogP contribution is 2.33. The topological polar surface area (TPSA) is 54.9 Å². The van der Waals surface area contributed by atoms with E-state index >= 15 is 0 Å². The number of nitrogens with one attached hydrogen (secondary N) is 1. The lowest BCUT2D eigenvalue weighted by Gasteiger charge is -2.10. The van der Waals surface area contributed by atoms with E-state index in [1.54, 1.807) is 29.8 Å². The summed E-state index contributed by atoms with van der Waals surface area (Å²) in [6, 6.07) is 15.4. The molecule has 0 atom stereocenters. The highest BCUT2D eigenvalue weighted by Gasteiger charge is 2.09. The van der Waals surface area contributed by atoms with Crippen LogP contribution in [-0.4, -0.2) is 16.3 Å². The van der Waals surface area contributed by atoms with E-state index in [0.29, 0.717) is 5.56 Å². The molecular formula is C19H13N3OS. The Labute approximate surface area is 142 Å². The van der Waals surface area contributed by atoms with Gasteiger partial charge in [0.15, 0.2) is 0 Å². The molecule has 0 fully saturated rings. The second-order valence-corrected chi connectivity index (χ2v) is 6.20. The third-order valence-corrected chi connectivity index (χ3v) is 4.50. The molecule has 0 aliphatic heterocycles. The molecule has 0 aliphatic rings. The summed E-state index contributed by atoms with van der Waals surface area (Å²) in [5, 5.41) is 6.49. The first-order valence-corrected chi connectivity index (χ1v) is 8.32. The summed E-state index contributed by atoms with van der Waals surface area (Å²) in [6.45, 7) is 0. The van der Waals surface area contributed by atoms with Gasteiger partial charge in [-0.25, -0.2) is 4.98 Å². The molecule has 0 unspecified atom stereocenters. The van der Waals surface area contributed by atoms with Crippen LogP contribution in [0.5, 0.6) is 0 Å². The maximum atomic E-state index is 11.0. The van der Waals surface area contributed by atoms with Gasteiger partial charge in [0.1, 0.15) is 11.1 Å². The molecule has 0 amide bonds. The number of benzene rings is 1. The number of fused-ring (bicyclic) bond motifs is 1. The lowest BCUT2D eigenvalue weighted by molar-refractivity contribution is 0.112. The van der Waals surface area contributed by atoms with E-state index < -0.39 is 0 Å². The average Bonchev–Trinajstić information content (AvgIpc) is 3.11. The average molecular weight is 331 g/mol. The van der Waals surface area contributed by atoms with E-state index in [1.807, 2.05) is 47.8 Å². The fraction of sp³-hybridized carbons (Fsp3) is 0. The number of hydrogen-bond acceptors (Lipinski definition) is 5. The maximum Gasteiger partial charge on any atom is 0.150 e. The predicted molar refractivity (Wildman–Crippen MR) is 98.0 cm³/mol. The Balaban J connectivity index is 1.81. The van der Waals surface area contributed by atoms with E-state index in [-0.39, 0.29) is 0 Å². The molecule has 0 saturated heterocycles. The molecule has 1 aromatic carbocycles. The third-order valence-electron chi connectivity index (χ3n) is 3.70. The van der Waals surface area contributed by atoms with Crippen molar-refractivity contribution < 1.29 is 4.79 Å². The number of rotatable bonds is 4. The van der Waals surface area contributed by atoms with Gasteiger partial charge in [-0.3, -0.25) is 9.78 Å². The summed E-state index contributed by atoms with van der Waals surface area (Å²) >= 11 is 1.60. The summed E-state index contributed by atoms with van der Waals surface area (Å²) in [5.41, 5.74) is 4.31. The second kappa shape index (κ2) is 6.22. The lowest BCUT2D eigenvalue weighted by atomic mass is 10.1. The summed E-state index contributed by atoms with van der Waals surface area (Å²) in [6.07, 6.45) is 4.40. The fourth-order valence-corrected chi connectivity index (χ4v) is 3.35. The zero-order valence-corrected chi connectivity index (χ0v) is 13.5. The minimum Gasteiger partial charge on any atom is -0.355 e. The molecule has 3 aromatic heterocycles. The first-order valence-electron chi connectivity index (χ1n) is 7.44. The molecule has 3 heterocycles. The van der Waals surface area contributed by atoms with Crippen molar-refractivity contribution in [1.29, 1.82) is 0 Å². The number of aromatic nitrogens is 2. The number of anilines is 2. The van der Waals surface area contributed by atoms with Crippen LogP contribution in [0.4, 0.5) is 11.4 Å². The number of carbonyl (C=O) groups is 1. The van der Waals surface area contributed by atoms with Gasteiger partial charge in [-0.1, -0.05) is 12.1 Å². The van der Waals surface area contributed by atoms with Crippen molar-refractivity contribution in [3.63, 3.8) is 0 Å². The standard InChI is InChI=1S/C19H13N3OS/c23-12-13-3-1-5-15(9-13)21-18-10-17(14-4-2-7-20-11-14)22-19-16(18)6-8-24-19/h1-12H,(H,21,22). The number of carbonyl (C=O) groups excluding carboxylic acids is 1. The van der Waals surface area contributed by atoms with Gasteiger partial charge >= 0.3 is 0 Å². The van der Waals surface area contributed by atoms with Crippen molar-refractivity contribution in [2.24, 2.45) is 0 Å². The summed E-state index contributed by atoms with van der Waals surface area (Å²) in [5.74, 6) is 0. The molecule has 0 saturated carbocycles. The minimum atomic E-state index is 0.642. The van der Waals surface area contributed by atoms with Gasteiger partial charge in [-0.05, 0) is 41.8 Å². The largest absolute Gasteiger partial charge is 0.355 e. The number of thiophene rings is 1. The molecule has 4 aromatic rings. The fourth-order valence-electron chi connectivity index (χ4n) is 2.56. The van der Waals surface area contributed by atoms with Crippen LogP contribution in [0.1, 0.15) is 10.4 Å². The van der Waals surface area contributed by atoms with Crippen molar-refractivity contribution in [2.75, 3.05) is 5.32 Å². The number of pyridine rings is 2. The van der Waals surface area contributed by atoms with Gasteiger partial charge in [0, 0.05) is 34.6 Å². The van der Waals surface area contributed by atoms with Crippen LogP contribution in [0.15, 0.2) is 66.3 Å². The monoisotopic (exact) mass is 331 g/mol. The molecular weight excluding hydrogens is 318 g/mol. The highest BCUT2D eigenvalue weighted by atomic mass is 32.1. The Kier molecular flexibility index (Phi) is 3.76. The van der Waals surface area contributed by atoms with Gasteiger partial charge in [0.05, 0.1) is 11.4 Å². The van der Waals surface area contributed by atoms with Gasteiger partial charge in [0.2, 0.25) is 0 Å². The molecule has 116 valence electrons. The molecule has 1 N–H and O–H groups in total. The Morgan fingerprint density at radius 3 is 2.88 bits per heavy atom. The molecule has 24 heavy (non-hydrogen) atoms. The quantitative estimate of drug-likeness (QED) is 0.540. The lowest BCUT2D eigenvalue weighted by Crippen LogP contribution is -1.94. The number of nitrogens with zero attached hydrogens (tertiary/aromatic N) is 2. The molecule has 5 heteroatoms. The molecule has 0 spiro atoms. The van der Waals surface area contributed by atoms with Crippen molar-refractivity contribution in [1.82, 2.24) is 9.97 Å². The van der Waals surface area contributed by atoms with E-state index in [9.17, 15) is 4.79 Å². The predicted octanol–water partition coefficient (Wildman–Crippen LogP) is 4.91. The van der Waals surface area contributed by atoms with E-state index in [0.717, 1.165) is 39.1 Å². The Morgan fingerprint density at radius 2 is 2.04 bits per heavy atom. The summed E-state index contributed by atoms with van der Waals surface area (Å²) in [7, 11) is 0. The van der Waals surface area contributed by atoms with E-state index in [2.05, 4.69) is 10.3 Å². The molecule has 0 bridgehead atoms. The summed E-state index contributed by atoms with van der Waals surface area (Å²) in [4.78, 5) is 20.8. The van der Waals surface area contributed by atoms with Crippen LogP contribution in [0.25, 0.3) is 21.5 Å². The Bertz CT molecular complexity index is 1010. The van der Waals surface area contributed by atoms with Gasteiger partial charge in [0.25, 0.3) is 0 Å². The minimum absolute atomic E-state index is 0.642. The first kappa shape index (κ1) is 14.5. The van der Waals surface area contributed by atoms with Crippen molar-refractivity contribution >= 4 is 39.2 Å². The molecule has 0 aliphatic carbocycles. The van der Waals surface area contributed by atoms with E-state index in [4.69, 9.17) is 4.98 Å². The Hall–Kier alpha value is -3.05. The van der Waals surface area contributed by atoms with Crippen LogP contribution < -0.4 is 5.32 Å². The normalized spacial score (nSPS) is 10.7. The van der Waals surface area contributed by atoms with Crippen LogP contribution in [0, 0.1) is 0 Å². The SMILES string of the molecule is O=Cc1cccc(Nc2cc(-c3cccnc3)nc3sccc23)c1. The van der Waals surface area contributed by atoms with Gasteiger partial charge in [-0.15, -0.1) is 11.3 Å². The van der Waals surface area contributed by atoms with Crippen LogP contribution in [0.2, 0.25) is 0 Å². The third kappa shape index (κ3) is 2.77. The first-order chi connectivity index (χ1) is 11.8. The van der Waals surface area contributed by atoms with Crippen molar-refractivity contribution in [3.8, 4) is 11.3 Å². The second-order valence-electron chi connectivity index (χ2n) is 5.30. The van der Waals surface area contributed by atoms with Crippen molar-refractivity contribution in [3.05, 3.63) is 71.9 Å². The van der Waals surface area contributed by atoms with Gasteiger partial charge < -0.3 is 5.32 Å². The zero-order valence-electron chi connectivity index (χ0n) is 12.6. The molecule has 4 rings (SSSR count). The smallest absolute Gasteiger partial charge is 0.150 e. The number of hydrogen-bond donors (Lipinski definition) is 1. The Morgan fingerprint density at radius 1 is 1.08 bits per heavy atom. The van der Waals surface area contributed by atoms with Gasteiger partial charge in [-0.2, -0.15) is 0 Å². The highest BCUT2D eigenvalue weighted by molar-refractivity contribution is 7.16. The zero-order chi connectivity index (χ0) is 16.4. The van der Waals surface area contributed by atoms with Crippen LogP contribution in [0.3, 0.4) is 0 Å². The van der Waals surface area contributed by atoms with Crippen LogP contribution in [-0.2, 0) is 0 Å². The number of aldehydes is 1. The molecule has 0 radical (unpaired) electrons. The molecule has 4 nitrogen and oxygen atoms in total.